The Balaban J connectivity index is 0. The third-order valence-corrected chi connectivity index (χ3v) is 0.978. The summed E-state index contributed by atoms with van der Waals surface area (Å²) in [6, 6.07) is 0. The maximum atomic E-state index is 11.6. The van der Waals surface area contributed by atoms with Gasteiger partial charge in [0.1, 0.15) is 6.54 Å². The van der Waals surface area contributed by atoms with Crippen LogP contribution in [0.25, 0.3) is 0 Å². The molecule has 2 N–H and O–H groups in total. The van der Waals surface area contributed by atoms with Gasteiger partial charge in [-0.25, -0.2) is 8.78 Å². The SMILES string of the molecule is Cl.Cl.Nc1cnn(CC(F)F)c1. The van der Waals surface area contributed by atoms with Gasteiger partial charge >= 0.3 is 0 Å². The van der Waals surface area contributed by atoms with Gasteiger partial charge in [0.2, 0.25) is 0 Å². The zero-order valence-corrected chi connectivity index (χ0v) is 7.62. The molecule has 0 fully saturated rings. The second-order valence-corrected chi connectivity index (χ2v) is 1.89. The Labute approximate surface area is 80.7 Å². The van der Waals surface area contributed by atoms with Gasteiger partial charge in [0.25, 0.3) is 6.43 Å². The lowest BCUT2D eigenvalue weighted by atomic mass is 10.6. The third-order valence-electron chi connectivity index (χ3n) is 0.978. The molecule has 0 aromatic carbocycles. The minimum absolute atomic E-state index is 0. The number of nitrogen functional groups attached to an aromatic ring is 1. The summed E-state index contributed by atoms with van der Waals surface area (Å²) < 4.78 is 24.4. The molecule has 0 aliphatic carbocycles. The summed E-state index contributed by atoms with van der Waals surface area (Å²) in [5.74, 6) is 0. The second-order valence-electron chi connectivity index (χ2n) is 1.89. The lowest BCUT2D eigenvalue weighted by Crippen LogP contribution is -2.06. The molecule has 0 unspecified atom stereocenters. The van der Waals surface area contributed by atoms with Gasteiger partial charge in [-0.05, 0) is 0 Å². The molecular weight excluding hydrogens is 211 g/mol. The van der Waals surface area contributed by atoms with Crippen molar-refractivity contribution in [3.63, 3.8) is 0 Å². The van der Waals surface area contributed by atoms with Gasteiger partial charge < -0.3 is 5.73 Å². The van der Waals surface area contributed by atoms with E-state index < -0.39 is 13.0 Å². The van der Waals surface area contributed by atoms with Crippen molar-refractivity contribution in [2.24, 2.45) is 0 Å². The van der Waals surface area contributed by atoms with Crippen LogP contribution >= 0.6 is 24.8 Å². The van der Waals surface area contributed by atoms with E-state index in [9.17, 15) is 8.78 Å². The van der Waals surface area contributed by atoms with Crippen LogP contribution in [-0.4, -0.2) is 16.2 Å². The predicted octanol–water partition coefficient (Wildman–Crippen LogP) is 1.57. The summed E-state index contributed by atoms with van der Waals surface area (Å²) in [6.07, 6.45) is 0.327. The molecule has 1 aromatic rings. The number of aromatic nitrogens is 2. The standard InChI is InChI=1S/C5H7F2N3.2ClH/c6-5(7)3-10-2-4(8)1-9-10;;/h1-2,5H,3,8H2;2*1H. The summed E-state index contributed by atoms with van der Waals surface area (Å²) in [6.45, 7) is -0.392. The molecule has 1 aromatic heterocycles. The Morgan fingerprint density at radius 3 is 2.42 bits per heavy atom. The molecule has 72 valence electrons. The lowest BCUT2D eigenvalue weighted by molar-refractivity contribution is 0.122. The van der Waals surface area contributed by atoms with E-state index in [1.165, 1.54) is 12.4 Å². The highest BCUT2D eigenvalue weighted by molar-refractivity contribution is 5.85. The number of rotatable bonds is 2. The topological polar surface area (TPSA) is 43.8 Å². The molecule has 0 atom stereocenters. The van der Waals surface area contributed by atoms with Crippen molar-refractivity contribution in [2.45, 2.75) is 13.0 Å². The summed E-state index contributed by atoms with van der Waals surface area (Å²) >= 11 is 0. The van der Waals surface area contributed by atoms with Crippen LogP contribution in [-0.2, 0) is 6.54 Å². The van der Waals surface area contributed by atoms with Crippen molar-refractivity contribution in [2.75, 3.05) is 5.73 Å². The van der Waals surface area contributed by atoms with Crippen LogP contribution in [0.5, 0.6) is 0 Å². The highest BCUT2D eigenvalue weighted by Gasteiger charge is 2.03. The van der Waals surface area contributed by atoms with Crippen LogP contribution in [0.15, 0.2) is 12.4 Å². The molecule has 0 radical (unpaired) electrons. The Morgan fingerprint density at radius 1 is 1.50 bits per heavy atom. The highest BCUT2D eigenvalue weighted by Crippen LogP contribution is 2.01. The number of nitrogens with zero attached hydrogens (tertiary/aromatic N) is 2. The summed E-state index contributed by atoms with van der Waals surface area (Å²) in [7, 11) is 0. The average Bonchev–Trinajstić information content (AvgIpc) is 2.13. The van der Waals surface area contributed by atoms with Crippen molar-refractivity contribution < 1.29 is 8.78 Å². The highest BCUT2D eigenvalue weighted by atomic mass is 35.5. The van der Waals surface area contributed by atoms with Gasteiger partial charge in [0.05, 0.1) is 11.9 Å². The largest absolute Gasteiger partial charge is 0.396 e. The number of alkyl halides is 2. The number of halogens is 4. The van der Waals surface area contributed by atoms with Crippen LogP contribution in [0.3, 0.4) is 0 Å². The first kappa shape index (κ1) is 14.0. The first-order chi connectivity index (χ1) is 4.68. The first-order valence-corrected chi connectivity index (χ1v) is 2.74. The zero-order valence-electron chi connectivity index (χ0n) is 5.98. The number of hydrogen-bond donors (Lipinski definition) is 1. The minimum Gasteiger partial charge on any atom is -0.396 e. The number of anilines is 1. The Morgan fingerprint density at radius 2 is 2.08 bits per heavy atom. The minimum atomic E-state index is -2.38. The Kier molecular flexibility index (Phi) is 7.02. The molecule has 0 saturated heterocycles. The molecule has 3 nitrogen and oxygen atoms in total. The fourth-order valence-electron chi connectivity index (χ4n) is 0.621. The summed E-state index contributed by atoms with van der Waals surface area (Å²) in [4.78, 5) is 0. The van der Waals surface area contributed by atoms with Gasteiger partial charge in [-0.15, -0.1) is 24.8 Å². The fraction of sp³-hybridized carbons (Fsp3) is 0.400. The van der Waals surface area contributed by atoms with Crippen molar-refractivity contribution in [1.29, 1.82) is 0 Å². The molecule has 0 bridgehead atoms. The van der Waals surface area contributed by atoms with E-state index in [1.54, 1.807) is 0 Å². The molecule has 0 spiro atoms. The van der Waals surface area contributed by atoms with Crippen LogP contribution in [0, 0.1) is 0 Å². The lowest BCUT2D eigenvalue weighted by Gasteiger charge is -1.96. The summed E-state index contributed by atoms with van der Waals surface area (Å²) in [5, 5.41) is 3.57. The monoisotopic (exact) mass is 219 g/mol. The van der Waals surface area contributed by atoms with Crippen LogP contribution in [0.1, 0.15) is 0 Å². The molecule has 12 heavy (non-hydrogen) atoms. The van der Waals surface area contributed by atoms with E-state index >= 15 is 0 Å². The van der Waals surface area contributed by atoms with Gasteiger partial charge in [-0.3, -0.25) is 4.68 Å². The van der Waals surface area contributed by atoms with Crippen LogP contribution < -0.4 is 5.73 Å². The first-order valence-electron chi connectivity index (χ1n) is 2.74. The number of hydrogen-bond acceptors (Lipinski definition) is 2. The van der Waals surface area contributed by atoms with Crippen molar-refractivity contribution in [1.82, 2.24) is 9.78 Å². The van der Waals surface area contributed by atoms with E-state index in [0.717, 1.165) is 4.68 Å². The van der Waals surface area contributed by atoms with Gasteiger partial charge in [0, 0.05) is 6.20 Å². The molecule has 1 rings (SSSR count). The maximum Gasteiger partial charge on any atom is 0.257 e. The van der Waals surface area contributed by atoms with Gasteiger partial charge in [0.15, 0.2) is 0 Å². The normalized spacial score (nSPS) is 8.92. The molecule has 0 aliphatic rings. The smallest absolute Gasteiger partial charge is 0.257 e. The second kappa shape index (κ2) is 6.02. The quantitative estimate of drug-likeness (QED) is 0.821. The molecule has 1 heterocycles. The predicted molar refractivity (Wildman–Crippen MR) is 47.1 cm³/mol. The van der Waals surface area contributed by atoms with E-state index in [1.807, 2.05) is 0 Å². The molecule has 0 saturated carbocycles. The number of nitrogens with two attached hydrogens (primary N) is 1. The molecule has 7 heteroatoms. The fourth-order valence-corrected chi connectivity index (χ4v) is 0.621. The Hall–Kier alpha value is -0.550. The zero-order chi connectivity index (χ0) is 7.56. The maximum absolute atomic E-state index is 11.6. The van der Waals surface area contributed by atoms with Gasteiger partial charge in [-0.2, -0.15) is 5.10 Å². The average molecular weight is 220 g/mol. The van der Waals surface area contributed by atoms with Crippen molar-refractivity contribution in [3.05, 3.63) is 12.4 Å². The van der Waals surface area contributed by atoms with Crippen LogP contribution in [0.4, 0.5) is 14.5 Å². The molecular formula is C5H9Cl2F2N3. The van der Waals surface area contributed by atoms with E-state index in [4.69, 9.17) is 5.73 Å². The van der Waals surface area contributed by atoms with E-state index in [2.05, 4.69) is 5.10 Å². The van der Waals surface area contributed by atoms with Crippen LogP contribution in [0.2, 0.25) is 0 Å². The van der Waals surface area contributed by atoms with E-state index in [0.29, 0.717) is 5.69 Å². The summed E-state index contributed by atoms with van der Waals surface area (Å²) in [5.41, 5.74) is 5.63. The third kappa shape index (κ3) is 4.35. The Bertz CT molecular complexity index is 216. The van der Waals surface area contributed by atoms with E-state index in [-0.39, 0.29) is 24.8 Å². The molecule has 0 amide bonds. The molecule has 0 aliphatic heterocycles. The van der Waals surface area contributed by atoms with Crippen molar-refractivity contribution >= 4 is 30.5 Å². The van der Waals surface area contributed by atoms with Gasteiger partial charge in [-0.1, -0.05) is 0 Å². The van der Waals surface area contributed by atoms with Crippen molar-refractivity contribution in [3.8, 4) is 0 Å².